The lowest BCUT2D eigenvalue weighted by atomic mass is 9.85. The van der Waals surface area contributed by atoms with E-state index in [1.54, 1.807) is 0 Å². The van der Waals surface area contributed by atoms with E-state index in [-0.39, 0.29) is 0 Å². The molecule has 1 aliphatic heterocycles. The van der Waals surface area contributed by atoms with E-state index in [9.17, 15) is 4.79 Å². The van der Waals surface area contributed by atoms with Gasteiger partial charge in [0.05, 0.1) is 6.10 Å². The molecule has 2 heteroatoms. The smallest absolute Gasteiger partial charge is 0.133 e. The van der Waals surface area contributed by atoms with Gasteiger partial charge in [0.15, 0.2) is 0 Å². The van der Waals surface area contributed by atoms with E-state index in [0.29, 0.717) is 17.8 Å². The highest BCUT2D eigenvalue weighted by Gasteiger charge is 2.18. The minimum absolute atomic E-state index is 0.456. The average Bonchev–Trinajstić information content (AvgIpc) is 2.83. The van der Waals surface area contributed by atoms with Crippen LogP contribution in [0.2, 0.25) is 0 Å². The first-order valence-electron chi connectivity index (χ1n) is 7.48. The lowest BCUT2D eigenvalue weighted by Crippen LogP contribution is -2.12. The third kappa shape index (κ3) is 4.79. The highest BCUT2D eigenvalue weighted by atomic mass is 16.5. The maximum absolute atomic E-state index is 11.8. The van der Waals surface area contributed by atoms with Crippen LogP contribution in [0.15, 0.2) is 0 Å². The standard InChI is InChI=1S/C15H26O2/c16-14(12-13-6-2-1-3-7-13)8-4-9-15-10-5-11-17-15/h13,15H,1-12H2. The molecule has 2 nitrogen and oxygen atoms in total. The van der Waals surface area contributed by atoms with E-state index in [2.05, 4.69) is 0 Å². The Morgan fingerprint density at radius 1 is 1.06 bits per heavy atom. The van der Waals surface area contributed by atoms with Crippen molar-refractivity contribution in [1.82, 2.24) is 0 Å². The molecule has 1 heterocycles. The van der Waals surface area contributed by atoms with Crippen molar-refractivity contribution in [3.8, 4) is 0 Å². The fourth-order valence-corrected chi connectivity index (χ4v) is 3.21. The molecule has 2 rings (SSSR count). The lowest BCUT2D eigenvalue weighted by molar-refractivity contribution is -0.120. The topological polar surface area (TPSA) is 26.3 Å². The summed E-state index contributed by atoms with van der Waals surface area (Å²) in [7, 11) is 0. The highest BCUT2D eigenvalue weighted by molar-refractivity contribution is 5.78. The summed E-state index contributed by atoms with van der Waals surface area (Å²) in [6.07, 6.45) is 13.3. The van der Waals surface area contributed by atoms with Gasteiger partial charge in [-0.2, -0.15) is 0 Å². The van der Waals surface area contributed by atoms with Crippen LogP contribution in [-0.4, -0.2) is 18.5 Å². The van der Waals surface area contributed by atoms with Crippen molar-refractivity contribution in [2.24, 2.45) is 5.92 Å². The van der Waals surface area contributed by atoms with Gasteiger partial charge in [0.25, 0.3) is 0 Å². The summed E-state index contributed by atoms with van der Waals surface area (Å²) in [6.45, 7) is 0.931. The largest absolute Gasteiger partial charge is 0.378 e. The molecule has 0 bridgehead atoms. The average molecular weight is 238 g/mol. The van der Waals surface area contributed by atoms with Gasteiger partial charge in [0.1, 0.15) is 5.78 Å². The van der Waals surface area contributed by atoms with Gasteiger partial charge >= 0.3 is 0 Å². The van der Waals surface area contributed by atoms with Crippen LogP contribution >= 0.6 is 0 Å². The van der Waals surface area contributed by atoms with Crippen molar-refractivity contribution in [1.29, 1.82) is 0 Å². The Morgan fingerprint density at radius 3 is 2.59 bits per heavy atom. The number of hydrogen-bond acceptors (Lipinski definition) is 2. The third-order valence-corrected chi connectivity index (χ3v) is 4.25. The van der Waals surface area contributed by atoms with Crippen molar-refractivity contribution in [2.45, 2.75) is 76.7 Å². The van der Waals surface area contributed by atoms with Crippen LogP contribution in [0.1, 0.15) is 70.6 Å². The SMILES string of the molecule is O=C(CCCC1CCCO1)CC1CCCCC1. The van der Waals surface area contributed by atoms with Gasteiger partial charge in [-0.3, -0.25) is 4.79 Å². The second-order valence-electron chi connectivity index (χ2n) is 5.77. The Balaban J connectivity index is 1.53. The van der Waals surface area contributed by atoms with Crippen molar-refractivity contribution in [3.05, 3.63) is 0 Å². The van der Waals surface area contributed by atoms with Crippen LogP contribution < -0.4 is 0 Å². The highest BCUT2D eigenvalue weighted by Crippen LogP contribution is 2.27. The summed E-state index contributed by atoms with van der Waals surface area (Å²) >= 11 is 0. The molecule has 2 aliphatic rings. The predicted octanol–water partition coefficient (Wildman–Crippen LogP) is 3.88. The molecule has 1 saturated heterocycles. The van der Waals surface area contributed by atoms with Crippen molar-refractivity contribution in [2.75, 3.05) is 6.61 Å². The zero-order chi connectivity index (χ0) is 11.9. The first-order chi connectivity index (χ1) is 8.34. The normalized spacial score (nSPS) is 26.2. The Hall–Kier alpha value is -0.370. The lowest BCUT2D eigenvalue weighted by Gasteiger charge is -2.20. The second-order valence-corrected chi connectivity index (χ2v) is 5.77. The molecule has 0 aromatic carbocycles. The quantitative estimate of drug-likeness (QED) is 0.702. The fourth-order valence-electron chi connectivity index (χ4n) is 3.21. The van der Waals surface area contributed by atoms with Crippen molar-refractivity contribution < 1.29 is 9.53 Å². The van der Waals surface area contributed by atoms with E-state index in [1.807, 2.05) is 0 Å². The molecule has 0 amide bonds. The Morgan fingerprint density at radius 2 is 1.88 bits per heavy atom. The molecule has 1 aliphatic carbocycles. The third-order valence-electron chi connectivity index (χ3n) is 4.25. The Bertz CT molecular complexity index is 225. The second kappa shape index (κ2) is 7.15. The molecule has 0 aromatic heterocycles. The first-order valence-corrected chi connectivity index (χ1v) is 7.48. The van der Waals surface area contributed by atoms with Gasteiger partial charge in [0.2, 0.25) is 0 Å². The van der Waals surface area contributed by atoms with Crippen LogP contribution in [0.25, 0.3) is 0 Å². The summed E-state index contributed by atoms with van der Waals surface area (Å²) in [6, 6.07) is 0. The minimum Gasteiger partial charge on any atom is -0.378 e. The van der Waals surface area contributed by atoms with E-state index in [4.69, 9.17) is 4.74 Å². The molecular weight excluding hydrogens is 212 g/mol. The number of Topliss-reactive ketones (excluding diaryl/α,β-unsaturated/α-hetero) is 1. The Labute approximate surface area is 105 Å². The van der Waals surface area contributed by atoms with Crippen LogP contribution in [0, 0.1) is 5.92 Å². The zero-order valence-corrected chi connectivity index (χ0v) is 11.0. The Kier molecular flexibility index (Phi) is 5.50. The number of ether oxygens (including phenoxy) is 1. The van der Waals surface area contributed by atoms with Gasteiger partial charge in [0, 0.05) is 19.4 Å². The van der Waals surface area contributed by atoms with Gasteiger partial charge in [-0.25, -0.2) is 0 Å². The van der Waals surface area contributed by atoms with E-state index in [1.165, 1.54) is 44.9 Å². The number of carbonyl (C=O) groups is 1. The maximum atomic E-state index is 11.8. The molecule has 98 valence electrons. The van der Waals surface area contributed by atoms with Crippen molar-refractivity contribution in [3.63, 3.8) is 0 Å². The number of carbonyl (C=O) groups excluding carboxylic acids is 1. The first kappa shape index (κ1) is 13.1. The summed E-state index contributed by atoms with van der Waals surface area (Å²) in [5.74, 6) is 1.20. The molecule has 1 saturated carbocycles. The van der Waals surface area contributed by atoms with Gasteiger partial charge in [-0.1, -0.05) is 32.1 Å². The van der Waals surface area contributed by atoms with E-state index < -0.39 is 0 Å². The molecule has 17 heavy (non-hydrogen) atoms. The summed E-state index contributed by atoms with van der Waals surface area (Å²) < 4.78 is 5.57. The molecule has 1 unspecified atom stereocenters. The van der Waals surface area contributed by atoms with Gasteiger partial charge in [-0.15, -0.1) is 0 Å². The van der Waals surface area contributed by atoms with Crippen molar-refractivity contribution >= 4 is 5.78 Å². The molecule has 0 aromatic rings. The number of rotatable bonds is 6. The molecular formula is C15H26O2. The number of ketones is 1. The van der Waals surface area contributed by atoms with Gasteiger partial charge < -0.3 is 4.74 Å². The summed E-state index contributed by atoms with van der Waals surface area (Å²) in [5, 5.41) is 0. The zero-order valence-electron chi connectivity index (χ0n) is 11.0. The maximum Gasteiger partial charge on any atom is 0.133 e. The predicted molar refractivity (Wildman–Crippen MR) is 69.0 cm³/mol. The van der Waals surface area contributed by atoms with Gasteiger partial charge in [-0.05, 0) is 31.6 Å². The monoisotopic (exact) mass is 238 g/mol. The molecule has 0 spiro atoms. The van der Waals surface area contributed by atoms with Crippen LogP contribution in [0.4, 0.5) is 0 Å². The van der Waals surface area contributed by atoms with Crippen LogP contribution in [0.5, 0.6) is 0 Å². The number of hydrogen-bond donors (Lipinski definition) is 0. The van der Waals surface area contributed by atoms with E-state index >= 15 is 0 Å². The molecule has 0 radical (unpaired) electrons. The van der Waals surface area contributed by atoms with Crippen LogP contribution in [0.3, 0.4) is 0 Å². The summed E-state index contributed by atoms with van der Waals surface area (Å²) in [5.41, 5.74) is 0. The summed E-state index contributed by atoms with van der Waals surface area (Å²) in [4.78, 5) is 11.8. The molecule has 0 N–H and O–H groups in total. The molecule has 2 fully saturated rings. The van der Waals surface area contributed by atoms with Crippen LogP contribution in [-0.2, 0) is 9.53 Å². The molecule has 1 atom stereocenters. The minimum atomic E-state index is 0.456. The van der Waals surface area contributed by atoms with E-state index in [0.717, 1.165) is 32.3 Å². The fraction of sp³-hybridized carbons (Fsp3) is 0.933.